The highest BCUT2D eigenvalue weighted by molar-refractivity contribution is 7.99. The van der Waals surface area contributed by atoms with Crippen molar-refractivity contribution in [3.8, 4) is 55.6 Å². The predicted octanol–water partition coefficient (Wildman–Crippen LogP) is 15.0. The van der Waals surface area contributed by atoms with Crippen molar-refractivity contribution in [2.24, 2.45) is 0 Å². The summed E-state index contributed by atoms with van der Waals surface area (Å²) in [6.45, 7) is 0. The molecular weight excluding hydrogens is 693 g/mol. The van der Waals surface area contributed by atoms with Crippen molar-refractivity contribution in [1.29, 1.82) is 0 Å². The van der Waals surface area contributed by atoms with Gasteiger partial charge in [0.15, 0.2) is 0 Å². The summed E-state index contributed by atoms with van der Waals surface area (Å²) in [5.41, 5.74) is 18.1. The van der Waals surface area contributed by atoms with Crippen molar-refractivity contribution < 1.29 is 0 Å². The Bertz CT molecular complexity index is 3350. The Morgan fingerprint density at radius 3 is 1.75 bits per heavy atom. The third-order valence-electron chi connectivity index (χ3n) is 12.9. The largest absolute Gasteiger partial charge is 0.0888 e. The monoisotopic (exact) mass is 724 g/mol. The first kappa shape index (κ1) is 30.6. The van der Waals surface area contributed by atoms with Crippen LogP contribution < -0.4 is 0 Å². The molecule has 1 atom stereocenters. The lowest BCUT2D eigenvalue weighted by Gasteiger charge is -2.31. The van der Waals surface area contributed by atoms with Crippen LogP contribution in [0.25, 0.3) is 88.0 Å². The van der Waals surface area contributed by atoms with Crippen LogP contribution in [-0.4, -0.2) is 0 Å². The van der Waals surface area contributed by atoms with Gasteiger partial charge in [0.2, 0.25) is 0 Å². The normalized spacial score (nSPS) is 15.5. The van der Waals surface area contributed by atoms with Crippen molar-refractivity contribution in [2.75, 3.05) is 0 Å². The van der Waals surface area contributed by atoms with Crippen LogP contribution >= 0.6 is 11.8 Å². The summed E-state index contributed by atoms with van der Waals surface area (Å²) in [6, 6.07) is 73.3. The second-order valence-electron chi connectivity index (χ2n) is 15.5. The fourth-order valence-electron chi connectivity index (χ4n) is 10.6. The van der Waals surface area contributed by atoms with Crippen molar-refractivity contribution >= 4 is 44.1 Å². The van der Waals surface area contributed by atoms with Crippen LogP contribution in [0.15, 0.2) is 204 Å². The number of fused-ring (bicyclic) bond motifs is 15. The molecule has 0 N–H and O–H groups in total. The fourth-order valence-corrected chi connectivity index (χ4v) is 11.8. The first-order valence-corrected chi connectivity index (χ1v) is 20.3. The Balaban J connectivity index is 1.04. The van der Waals surface area contributed by atoms with Gasteiger partial charge in [-0.25, -0.2) is 0 Å². The van der Waals surface area contributed by atoms with Gasteiger partial charge in [-0.15, -0.1) is 0 Å². The second kappa shape index (κ2) is 11.2. The van der Waals surface area contributed by atoms with E-state index >= 15 is 0 Å². The van der Waals surface area contributed by atoms with Crippen molar-refractivity contribution in [1.82, 2.24) is 0 Å². The summed E-state index contributed by atoms with van der Waals surface area (Å²) in [6.07, 6.45) is 0. The molecule has 13 rings (SSSR count). The standard InChI is InChI=1S/C55H32S/c1-2-14-39-33(12-1)25-29-49-54(39)45-19-6-9-21-48(45)55(49)47-20-8-5-17-42(47)43-26-24-34(32-50(43)55)37-27-28-38(41-16-4-3-15-40(37)41)36-30-35-13-11-23-52-53(35)46(31-36)44-18-7-10-22-51(44)56-52/h1-32H. The van der Waals surface area contributed by atoms with Crippen LogP contribution in [-0.2, 0) is 5.41 Å². The van der Waals surface area contributed by atoms with E-state index in [1.54, 1.807) is 0 Å². The maximum absolute atomic E-state index is 2.52. The highest BCUT2D eigenvalue weighted by Gasteiger charge is 2.52. The topological polar surface area (TPSA) is 0 Å². The quantitative estimate of drug-likeness (QED) is 0.171. The van der Waals surface area contributed by atoms with Crippen LogP contribution in [0.4, 0.5) is 0 Å². The number of hydrogen-bond donors (Lipinski definition) is 0. The molecule has 2 aliphatic carbocycles. The number of hydrogen-bond acceptors (Lipinski definition) is 1. The van der Waals surface area contributed by atoms with E-state index in [0.29, 0.717) is 0 Å². The lowest BCUT2D eigenvalue weighted by atomic mass is 9.70. The molecule has 10 aromatic carbocycles. The summed E-state index contributed by atoms with van der Waals surface area (Å²) in [4.78, 5) is 2.65. The van der Waals surface area contributed by atoms with Crippen molar-refractivity contribution in [2.45, 2.75) is 15.2 Å². The van der Waals surface area contributed by atoms with E-state index in [9.17, 15) is 0 Å². The fraction of sp³-hybridized carbons (Fsp3) is 0.0182. The Labute approximate surface area is 329 Å². The van der Waals surface area contributed by atoms with Crippen LogP contribution in [0.1, 0.15) is 22.3 Å². The third-order valence-corrected chi connectivity index (χ3v) is 14.0. The molecule has 1 heteroatoms. The van der Waals surface area contributed by atoms with E-state index in [0.717, 1.165) is 0 Å². The highest BCUT2D eigenvalue weighted by Crippen LogP contribution is 2.64. The Morgan fingerprint density at radius 1 is 0.304 bits per heavy atom. The first-order valence-electron chi connectivity index (χ1n) is 19.5. The number of benzene rings is 10. The lowest BCUT2D eigenvalue weighted by Crippen LogP contribution is -2.25. The summed E-state index contributed by atoms with van der Waals surface area (Å²) >= 11 is 1.88. The average Bonchev–Trinajstić information content (AvgIpc) is 3.73. The van der Waals surface area contributed by atoms with Crippen LogP contribution in [0.2, 0.25) is 0 Å². The van der Waals surface area contributed by atoms with E-state index in [-0.39, 0.29) is 0 Å². The molecule has 0 nitrogen and oxygen atoms in total. The SMILES string of the molecule is c1ccc2c(c1)Sc1cccc3cc(-c4ccc(-c5ccc6c(c5)C5(c7ccccc7-6)c6ccccc6-c6c5ccc5ccccc65)c5ccccc45)cc-2c13. The van der Waals surface area contributed by atoms with E-state index in [1.807, 2.05) is 11.8 Å². The minimum Gasteiger partial charge on any atom is -0.0888 e. The van der Waals surface area contributed by atoms with Gasteiger partial charge in [-0.3, -0.25) is 0 Å². The number of rotatable bonds is 2. The van der Waals surface area contributed by atoms with Gasteiger partial charge in [0.05, 0.1) is 5.41 Å². The summed E-state index contributed by atoms with van der Waals surface area (Å²) in [5.74, 6) is 0. The summed E-state index contributed by atoms with van der Waals surface area (Å²) in [7, 11) is 0. The van der Waals surface area contributed by atoms with Crippen molar-refractivity contribution in [3.63, 3.8) is 0 Å². The molecule has 0 saturated heterocycles. The minimum absolute atomic E-state index is 0.409. The Hall–Kier alpha value is -6.67. The Morgan fingerprint density at radius 2 is 0.911 bits per heavy atom. The Kier molecular flexibility index (Phi) is 6.13. The van der Waals surface area contributed by atoms with Crippen LogP contribution in [0.3, 0.4) is 0 Å². The molecule has 1 spiro atoms. The van der Waals surface area contributed by atoms with E-state index in [4.69, 9.17) is 0 Å². The second-order valence-corrected chi connectivity index (χ2v) is 16.6. The van der Waals surface area contributed by atoms with Crippen LogP contribution in [0.5, 0.6) is 0 Å². The molecule has 0 radical (unpaired) electrons. The van der Waals surface area contributed by atoms with Gasteiger partial charge in [-0.1, -0.05) is 176 Å². The molecular formula is C55H32S. The highest BCUT2D eigenvalue weighted by atomic mass is 32.2. The molecule has 1 aliphatic heterocycles. The molecule has 10 aromatic rings. The van der Waals surface area contributed by atoms with Gasteiger partial charge in [-0.05, 0) is 135 Å². The molecule has 258 valence electrons. The molecule has 56 heavy (non-hydrogen) atoms. The molecule has 1 unspecified atom stereocenters. The van der Waals surface area contributed by atoms with E-state index < -0.39 is 5.41 Å². The maximum Gasteiger partial charge on any atom is 0.0725 e. The van der Waals surface area contributed by atoms with Gasteiger partial charge in [0, 0.05) is 15.2 Å². The third kappa shape index (κ3) is 3.90. The van der Waals surface area contributed by atoms with E-state index in [1.165, 1.54) is 120 Å². The minimum atomic E-state index is -0.409. The van der Waals surface area contributed by atoms with E-state index in [2.05, 4.69) is 194 Å². The zero-order valence-corrected chi connectivity index (χ0v) is 31.2. The van der Waals surface area contributed by atoms with Crippen molar-refractivity contribution in [3.05, 3.63) is 216 Å². The maximum atomic E-state index is 2.52. The molecule has 0 amide bonds. The van der Waals surface area contributed by atoms with Gasteiger partial charge in [0.25, 0.3) is 0 Å². The summed E-state index contributed by atoms with van der Waals surface area (Å²) < 4.78 is 0. The van der Waals surface area contributed by atoms with Gasteiger partial charge in [-0.2, -0.15) is 0 Å². The molecule has 0 fully saturated rings. The first-order chi connectivity index (χ1) is 27.8. The molecule has 3 aliphatic rings. The smallest absolute Gasteiger partial charge is 0.0725 e. The lowest BCUT2D eigenvalue weighted by molar-refractivity contribution is 0.795. The van der Waals surface area contributed by atoms with Gasteiger partial charge in [0.1, 0.15) is 0 Å². The zero-order valence-electron chi connectivity index (χ0n) is 30.4. The molecule has 0 bridgehead atoms. The van der Waals surface area contributed by atoms with Crippen LogP contribution in [0, 0.1) is 0 Å². The molecule has 1 heterocycles. The molecule has 0 saturated carbocycles. The summed E-state index contributed by atoms with van der Waals surface area (Å²) in [5, 5.41) is 7.79. The predicted molar refractivity (Wildman–Crippen MR) is 236 cm³/mol. The van der Waals surface area contributed by atoms with Gasteiger partial charge < -0.3 is 0 Å². The zero-order chi connectivity index (χ0) is 36.5. The van der Waals surface area contributed by atoms with Gasteiger partial charge >= 0.3 is 0 Å². The average molecular weight is 725 g/mol. The molecule has 0 aromatic heterocycles.